The van der Waals surface area contributed by atoms with Crippen molar-refractivity contribution in [3.8, 4) is 11.5 Å². The fourth-order valence-electron chi connectivity index (χ4n) is 5.53. The third-order valence-electron chi connectivity index (χ3n) is 7.24. The van der Waals surface area contributed by atoms with E-state index in [9.17, 15) is 9.59 Å². The lowest BCUT2D eigenvalue weighted by atomic mass is 9.83. The fraction of sp³-hybridized carbons (Fsp3) is 0.367. The third-order valence-corrected chi connectivity index (χ3v) is 7.66. The van der Waals surface area contributed by atoms with E-state index in [1.165, 1.54) is 0 Å². The molecule has 0 radical (unpaired) electrons. The Hall–Kier alpha value is -3.62. The molecule has 9 heteroatoms. The number of carbonyl (C=O) groups excluding carboxylic acids is 1. The zero-order valence-electron chi connectivity index (χ0n) is 22.2. The number of piperidine rings is 1. The molecule has 39 heavy (non-hydrogen) atoms. The van der Waals surface area contributed by atoms with E-state index in [2.05, 4.69) is 27.6 Å². The Morgan fingerprint density at radius 3 is 2.82 bits per heavy atom. The maximum atomic E-state index is 12.4. The summed E-state index contributed by atoms with van der Waals surface area (Å²) in [4.78, 5) is 27.0. The average molecular weight is 549 g/mol. The van der Waals surface area contributed by atoms with Crippen molar-refractivity contribution in [2.45, 2.75) is 39.3 Å². The molecule has 2 unspecified atom stereocenters. The number of hydrogen-bond acceptors (Lipinski definition) is 6. The standard InChI is InChI=1S/C30H33ClN4O4/c1-3-38-28-10-7-21(14-32-33-29(36)19-39-25-8-9-26(31)20(2)11-25)12-24(28)18-34-15-22-13-23(17-34)27-5-4-6-30(37)35(27)16-22/h4-12,14,22-23H,3,13,15-19H2,1-2H3,(H,33,36)/b32-14+. The van der Waals surface area contributed by atoms with Gasteiger partial charge in [-0.15, -0.1) is 0 Å². The molecule has 5 rings (SSSR count). The van der Waals surface area contributed by atoms with Gasteiger partial charge in [0.15, 0.2) is 6.61 Å². The number of halogens is 1. The van der Waals surface area contributed by atoms with Crippen LogP contribution < -0.4 is 20.5 Å². The molecule has 2 aliphatic heterocycles. The number of likely N-dealkylation sites (tertiary alicyclic amines) is 1. The van der Waals surface area contributed by atoms with Crippen molar-refractivity contribution in [1.82, 2.24) is 14.9 Å². The number of amides is 1. The molecule has 8 nitrogen and oxygen atoms in total. The van der Waals surface area contributed by atoms with Crippen molar-refractivity contribution in [3.63, 3.8) is 0 Å². The quantitative estimate of drug-likeness (QED) is 0.317. The van der Waals surface area contributed by atoms with Crippen molar-refractivity contribution >= 4 is 23.7 Å². The van der Waals surface area contributed by atoms with Gasteiger partial charge in [0, 0.05) is 54.4 Å². The Morgan fingerprint density at radius 1 is 1.13 bits per heavy atom. The summed E-state index contributed by atoms with van der Waals surface area (Å²) in [6, 6.07) is 16.8. The molecule has 1 fully saturated rings. The monoisotopic (exact) mass is 548 g/mol. The van der Waals surface area contributed by atoms with Crippen LogP contribution in [0.3, 0.4) is 0 Å². The van der Waals surface area contributed by atoms with E-state index in [0.717, 1.165) is 60.7 Å². The topological polar surface area (TPSA) is 85.2 Å². The van der Waals surface area contributed by atoms with Gasteiger partial charge in [-0.3, -0.25) is 14.5 Å². The second-order valence-corrected chi connectivity index (χ2v) is 10.6. The Labute approximate surface area is 233 Å². The van der Waals surface area contributed by atoms with Gasteiger partial charge >= 0.3 is 0 Å². The van der Waals surface area contributed by atoms with Gasteiger partial charge in [-0.25, -0.2) is 5.43 Å². The van der Waals surface area contributed by atoms with Gasteiger partial charge in [0.05, 0.1) is 12.8 Å². The molecule has 3 aromatic rings. The van der Waals surface area contributed by atoms with E-state index in [1.807, 2.05) is 36.6 Å². The number of nitrogens with zero attached hydrogens (tertiary/aromatic N) is 3. The van der Waals surface area contributed by atoms with Crippen molar-refractivity contribution < 1.29 is 14.3 Å². The first kappa shape index (κ1) is 27.0. The van der Waals surface area contributed by atoms with Gasteiger partial charge in [-0.1, -0.05) is 17.7 Å². The van der Waals surface area contributed by atoms with Crippen LogP contribution in [0.5, 0.6) is 11.5 Å². The highest BCUT2D eigenvalue weighted by molar-refractivity contribution is 6.31. The number of fused-ring (bicyclic) bond motifs is 4. The molecule has 1 amide bonds. The number of benzene rings is 2. The van der Waals surface area contributed by atoms with Crippen molar-refractivity contribution in [3.05, 3.63) is 92.4 Å². The molecule has 2 atom stereocenters. The lowest BCUT2D eigenvalue weighted by Gasteiger charge is -2.43. The third kappa shape index (κ3) is 6.52. The number of aromatic nitrogens is 1. The van der Waals surface area contributed by atoms with E-state index in [1.54, 1.807) is 30.5 Å². The molecule has 204 valence electrons. The van der Waals surface area contributed by atoms with Crippen LogP contribution >= 0.6 is 11.6 Å². The summed E-state index contributed by atoms with van der Waals surface area (Å²) < 4.78 is 13.4. The first-order valence-corrected chi connectivity index (χ1v) is 13.7. The highest BCUT2D eigenvalue weighted by Crippen LogP contribution is 2.36. The van der Waals surface area contributed by atoms with Crippen molar-refractivity contribution in [1.29, 1.82) is 0 Å². The minimum absolute atomic E-state index is 0.0972. The van der Waals surface area contributed by atoms with Crippen LogP contribution in [0.15, 0.2) is 64.5 Å². The molecule has 0 aliphatic carbocycles. The van der Waals surface area contributed by atoms with Gasteiger partial charge in [-0.05, 0) is 79.8 Å². The maximum absolute atomic E-state index is 12.4. The number of pyridine rings is 1. The van der Waals surface area contributed by atoms with E-state index < -0.39 is 0 Å². The van der Waals surface area contributed by atoms with Crippen LogP contribution in [0, 0.1) is 12.8 Å². The van der Waals surface area contributed by atoms with Crippen LogP contribution in [0.25, 0.3) is 0 Å². The average Bonchev–Trinajstić information content (AvgIpc) is 2.91. The summed E-state index contributed by atoms with van der Waals surface area (Å²) in [5.41, 5.74) is 6.56. The first-order valence-electron chi connectivity index (χ1n) is 13.3. The minimum atomic E-state index is -0.357. The zero-order valence-corrected chi connectivity index (χ0v) is 23.0. The Bertz CT molecular complexity index is 1440. The lowest BCUT2D eigenvalue weighted by molar-refractivity contribution is -0.123. The smallest absolute Gasteiger partial charge is 0.277 e. The number of hydrogen-bond donors (Lipinski definition) is 1. The molecule has 2 bridgehead atoms. The van der Waals surface area contributed by atoms with E-state index >= 15 is 0 Å². The number of aryl methyl sites for hydroxylation is 1. The van der Waals surface area contributed by atoms with Crippen LogP contribution in [0.4, 0.5) is 0 Å². The molecular formula is C30H33ClN4O4. The van der Waals surface area contributed by atoms with E-state index in [-0.39, 0.29) is 18.1 Å². The minimum Gasteiger partial charge on any atom is -0.494 e. The molecule has 1 saturated heterocycles. The summed E-state index contributed by atoms with van der Waals surface area (Å²) in [6.45, 7) is 7.61. The molecular weight excluding hydrogens is 516 g/mol. The number of ether oxygens (including phenoxy) is 2. The SMILES string of the molecule is CCOc1ccc(/C=N/NC(=O)COc2ccc(Cl)c(C)c2)cc1CN1CC2CC(C1)c1cccc(=O)n1C2. The predicted octanol–water partition coefficient (Wildman–Crippen LogP) is 4.36. The van der Waals surface area contributed by atoms with E-state index in [0.29, 0.717) is 29.2 Å². The summed E-state index contributed by atoms with van der Waals surface area (Å²) >= 11 is 6.03. The molecule has 2 aromatic carbocycles. The molecule has 1 N–H and O–H groups in total. The fourth-order valence-corrected chi connectivity index (χ4v) is 5.65. The van der Waals surface area contributed by atoms with Gasteiger partial charge in [0.25, 0.3) is 11.5 Å². The summed E-state index contributed by atoms with van der Waals surface area (Å²) in [5.74, 6) is 1.86. The maximum Gasteiger partial charge on any atom is 0.277 e. The highest BCUT2D eigenvalue weighted by atomic mass is 35.5. The molecule has 2 aliphatic rings. The summed E-state index contributed by atoms with van der Waals surface area (Å²) in [7, 11) is 0. The number of carbonyl (C=O) groups is 1. The van der Waals surface area contributed by atoms with Gasteiger partial charge in [0.2, 0.25) is 0 Å². The Balaban J connectivity index is 1.22. The van der Waals surface area contributed by atoms with Crippen LogP contribution in [-0.4, -0.2) is 47.9 Å². The Kier molecular flexibility index (Phi) is 8.33. The second-order valence-electron chi connectivity index (χ2n) is 10.2. The number of rotatable bonds is 9. The summed E-state index contributed by atoms with van der Waals surface area (Å²) in [6.07, 6.45) is 2.74. The van der Waals surface area contributed by atoms with Crippen molar-refractivity contribution in [2.24, 2.45) is 11.0 Å². The zero-order chi connectivity index (χ0) is 27.4. The largest absolute Gasteiger partial charge is 0.494 e. The summed E-state index contributed by atoms with van der Waals surface area (Å²) in [5, 5.41) is 4.77. The molecule has 3 heterocycles. The van der Waals surface area contributed by atoms with Crippen LogP contribution in [-0.2, 0) is 17.9 Å². The predicted molar refractivity (Wildman–Crippen MR) is 152 cm³/mol. The number of nitrogens with one attached hydrogen (secondary N) is 1. The molecule has 0 spiro atoms. The molecule has 0 saturated carbocycles. The highest BCUT2D eigenvalue weighted by Gasteiger charge is 2.34. The lowest BCUT2D eigenvalue weighted by Crippen LogP contribution is -2.46. The van der Waals surface area contributed by atoms with Gasteiger partial charge in [0.1, 0.15) is 11.5 Å². The van der Waals surface area contributed by atoms with Crippen LogP contribution in [0.1, 0.15) is 41.6 Å². The normalized spacial score (nSPS) is 18.5. The Morgan fingerprint density at radius 2 is 2.00 bits per heavy atom. The van der Waals surface area contributed by atoms with Crippen molar-refractivity contribution in [2.75, 3.05) is 26.3 Å². The van der Waals surface area contributed by atoms with Gasteiger partial charge < -0.3 is 14.0 Å². The number of hydrazone groups is 1. The van der Waals surface area contributed by atoms with E-state index in [4.69, 9.17) is 21.1 Å². The first-order chi connectivity index (χ1) is 18.9. The van der Waals surface area contributed by atoms with Gasteiger partial charge in [-0.2, -0.15) is 5.10 Å². The molecule has 1 aromatic heterocycles. The second kappa shape index (κ2) is 12.1. The van der Waals surface area contributed by atoms with Crippen LogP contribution in [0.2, 0.25) is 5.02 Å².